The maximum atomic E-state index is 13.5. The maximum absolute atomic E-state index is 13.5. The number of anilines is 1. The first-order chi connectivity index (χ1) is 7.61. The third-order valence-electron chi connectivity index (χ3n) is 2.02. The van der Waals surface area contributed by atoms with Gasteiger partial charge in [0.25, 0.3) is 0 Å². The van der Waals surface area contributed by atoms with Crippen LogP contribution in [0.2, 0.25) is 5.02 Å². The summed E-state index contributed by atoms with van der Waals surface area (Å²) in [5.74, 6) is -0.481. The summed E-state index contributed by atoms with van der Waals surface area (Å²) in [7, 11) is 1.37. The molecule has 0 aliphatic heterocycles. The van der Waals surface area contributed by atoms with Gasteiger partial charge in [0.1, 0.15) is 0 Å². The average Bonchev–Trinajstić information content (AvgIpc) is 2.64. The summed E-state index contributed by atoms with van der Waals surface area (Å²) >= 11 is 7.16. The Morgan fingerprint density at radius 1 is 1.50 bits per heavy atom. The smallest absolute Gasteiger partial charge is 0.180 e. The molecule has 0 fully saturated rings. The number of nitrogens with two attached hydrogens (primary N) is 1. The van der Waals surface area contributed by atoms with E-state index in [0.717, 1.165) is 0 Å². The molecule has 2 rings (SSSR count). The van der Waals surface area contributed by atoms with E-state index in [-0.39, 0.29) is 10.8 Å². The molecule has 3 nitrogen and oxygen atoms in total. The number of thiazole rings is 1. The van der Waals surface area contributed by atoms with Gasteiger partial charge in [0.05, 0.1) is 17.8 Å². The van der Waals surface area contributed by atoms with E-state index in [2.05, 4.69) is 4.98 Å². The number of halogens is 2. The fourth-order valence-corrected chi connectivity index (χ4v) is 2.18. The minimum atomic E-state index is -0.517. The molecule has 1 heterocycles. The molecule has 0 spiro atoms. The zero-order valence-corrected chi connectivity index (χ0v) is 9.90. The Labute approximate surface area is 101 Å². The lowest BCUT2D eigenvalue weighted by Gasteiger charge is -2.06. The summed E-state index contributed by atoms with van der Waals surface area (Å²) < 4.78 is 18.4. The van der Waals surface area contributed by atoms with Crippen molar-refractivity contribution in [3.05, 3.63) is 28.4 Å². The highest BCUT2D eigenvalue weighted by molar-refractivity contribution is 7.13. The zero-order valence-electron chi connectivity index (χ0n) is 8.33. The van der Waals surface area contributed by atoms with Crippen molar-refractivity contribution in [1.29, 1.82) is 0 Å². The van der Waals surface area contributed by atoms with Crippen molar-refractivity contribution in [2.45, 2.75) is 0 Å². The van der Waals surface area contributed by atoms with Gasteiger partial charge in [-0.25, -0.2) is 9.37 Å². The van der Waals surface area contributed by atoms with Crippen LogP contribution < -0.4 is 10.5 Å². The number of nitrogens with zero attached hydrogens (tertiary/aromatic N) is 1. The van der Waals surface area contributed by atoms with Gasteiger partial charge in [0, 0.05) is 10.9 Å². The van der Waals surface area contributed by atoms with Gasteiger partial charge < -0.3 is 10.5 Å². The van der Waals surface area contributed by atoms with Crippen molar-refractivity contribution in [2.24, 2.45) is 0 Å². The van der Waals surface area contributed by atoms with Crippen molar-refractivity contribution in [2.75, 3.05) is 12.8 Å². The van der Waals surface area contributed by atoms with Gasteiger partial charge in [-0.1, -0.05) is 11.6 Å². The number of hydrogen-bond donors (Lipinski definition) is 1. The third-order valence-corrected chi connectivity index (χ3v) is 2.97. The van der Waals surface area contributed by atoms with Crippen LogP contribution in [0.15, 0.2) is 17.5 Å². The summed E-state index contributed by atoms with van der Waals surface area (Å²) in [5.41, 5.74) is 6.69. The number of ether oxygens (including phenoxy) is 1. The highest BCUT2D eigenvalue weighted by Crippen LogP contribution is 2.33. The molecule has 0 atom stereocenters. The van der Waals surface area contributed by atoms with Crippen molar-refractivity contribution >= 4 is 28.1 Å². The summed E-state index contributed by atoms with van der Waals surface area (Å²) in [6.45, 7) is 0. The Balaban J connectivity index is 2.52. The molecule has 0 unspecified atom stereocenters. The van der Waals surface area contributed by atoms with Crippen LogP contribution in [-0.2, 0) is 0 Å². The van der Waals surface area contributed by atoms with Crippen LogP contribution in [0.4, 0.5) is 9.52 Å². The standard InChI is InChI=1S/C10H8ClFN2OS/c1-15-9-6(11)2-5(3-7(9)12)8-4-16-10(13)14-8/h2-4H,1H3,(H2,13,14). The molecular formula is C10H8ClFN2OS. The SMILES string of the molecule is COc1c(F)cc(-c2csc(N)n2)cc1Cl. The predicted octanol–water partition coefficient (Wildman–Crippen LogP) is 3.19. The second kappa shape index (κ2) is 4.27. The Hall–Kier alpha value is -1.33. The average molecular weight is 259 g/mol. The lowest BCUT2D eigenvalue weighted by molar-refractivity contribution is 0.387. The van der Waals surface area contributed by atoms with E-state index >= 15 is 0 Å². The lowest BCUT2D eigenvalue weighted by Crippen LogP contribution is -1.91. The Bertz CT molecular complexity index is 506. The van der Waals surface area contributed by atoms with E-state index in [1.807, 2.05) is 0 Å². The molecule has 2 aromatic rings. The predicted molar refractivity (Wildman–Crippen MR) is 63.5 cm³/mol. The second-order valence-electron chi connectivity index (χ2n) is 3.04. The molecule has 0 saturated carbocycles. The first-order valence-electron chi connectivity index (χ1n) is 4.36. The van der Waals surface area contributed by atoms with Gasteiger partial charge in [-0.2, -0.15) is 0 Å². The molecule has 0 radical (unpaired) electrons. The molecule has 0 saturated heterocycles. The number of aromatic nitrogens is 1. The summed E-state index contributed by atoms with van der Waals surface area (Å²) in [6, 6.07) is 2.91. The summed E-state index contributed by atoms with van der Waals surface area (Å²) in [4.78, 5) is 4.05. The zero-order chi connectivity index (χ0) is 11.7. The van der Waals surface area contributed by atoms with Gasteiger partial charge in [-0.3, -0.25) is 0 Å². The minimum Gasteiger partial charge on any atom is -0.492 e. The molecule has 0 aliphatic carbocycles. The van der Waals surface area contributed by atoms with E-state index in [1.54, 1.807) is 11.4 Å². The van der Waals surface area contributed by atoms with E-state index in [0.29, 0.717) is 16.4 Å². The van der Waals surface area contributed by atoms with Crippen LogP contribution in [0.25, 0.3) is 11.3 Å². The molecule has 2 N–H and O–H groups in total. The number of methoxy groups -OCH3 is 1. The Kier molecular flexibility index (Phi) is 2.98. The number of rotatable bonds is 2. The van der Waals surface area contributed by atoms with E-state index in [9.17, 15) is 4.39 Å². The molecule has 84 valence electrons. The monoisotopic (exact) mass is 258 g/mol. The van der Waals surface area contributed by atoms with Crippen LogP contribution >= 0.6 is 22.9 Å². The van der Waals surface area contributed by atoms with Crippen molar-refractivity contribution in [3.8, 4) is 17.0 Å². The molecule has 0 bridgehead atoms. The topological polar surface area (TPSA) is 48.1 Å². The van der Waals surface area contributed by atoms with Gasteiger partial charge in [0.15, 0.2) is 16.7 Å². The molecular weight excluding hydrogens is 251 g/mol. The highest BCUT2D eigenvalue weighted by atomic mass is 35.5. The van der Waals surface area contributed by atoms with Crippen LogP contribution in [0, 0.1) is 5.82 Å². The van der Waals surface area contributed by atoms with Crippen LogP contribution in [0.3, 0.4) is 0 Å². The minimum absolute atomic E-state index is 0.0358. The molecule has 1 aromatic heterocycles. The normalized spacial score (nSPS) is 10.4. The van der Waals surface area contributed by atoms with E-state index < -0.39 is 5.82 Å². The van der Waals surface area contributed by atoms with Crippen molar-refractivity contribution in [3.63, 3.8) is 0 Å². The first-order valence-corrected chi connectivity index (χ1v) is 5.62. The number of benzene rings is 1. The van der Waals surface area contributed by atoms with Crippen LogP contribution in [0.1, 0.15) is 0 Å². The summed E-state index contributed by atoms with van der Waals surface area (Å²) in [5, 5.41) is 2.39. The van der Waals surface area contributed by atoms with E-state index in [1.165, 1.54) is 24.5 Å². The third kappa shape index (κ3) is 1.96. The van der Waals surface area contributed by atoms with Crippen LogP contribution in [0.5, 0.6) is 5.75 Å². The van der Waals surface area contributed by atoms with Gasteiger partial charge in [0.2, 0.25) is 0 Å². The van der Waals surface area contributed by atoms with Crippen LogP contribution in [-0.4, -0.2) is 12.1 Å². The molecule has 6 heteroatoms. The fraction of sp³-hybridized carbons (Fsp3) is 0.100. The molecule has 1 aromatic carbocycles. The Morgan fingerprint density at radius 3 is 2.75 bits per heavy atom. The first kappa shape index (κ1) is 11.2. The molecule has 16 heavy (non-hydrogen) atoms. The fourth-order valence-electron chi connectivity index (χ4n) is 1.32. The quantitative estimate of drug-likeness (QED) is 0.900. The highest BCUT2D eigenvalue weighted by Gasteiger charge is 2.12. The van der Waals surface area contributed by atoms with Gasteiger partial charge in [-0.05, 0) is 12.1 Å². The Morgan fingerprint density at radius 2 is 2.25 bits per heavy atom. The lowest BCUT2D eigenvalue weighted by atomic mass is 10.1. The van der Waals surface area contributed by atoms with Gasteiger partial charge in [-0.15, -0.1) is 11.3 Å². The maximum Gasteiger partial charge on any atom is 0.180 e. The molecule has 0 aliphatic rings. The van der Waals surface area contributed by atoms with Crippen molar-refractivity contribution in [1.82, 2.24) is 4.98 Å². The molecule has 0 amide bonds. The summed E-state index contributed by atoms with van der Waals surface area (Å²) in [6.07, 6.45) is 0. The largest absolute Gasteiger partial charge is 0.492 e. The number of hydrogen-bond acceptors (Lipinski definition) is 4. The second-order valence-corrected chi connectivity index (χ2v) is 4.34. The van der Waals surface area contributed by atoms with Gasteiger partial charge >= 0.3 is 0 Å². The number of nitrogen functional groups attached to an aromatic ring is 1. The van der Waals surface area contributed by atoms with E-state index in [4.69, 9.17) is 22.1 Å². The van der Waals surface area contributed by atoms with Crippen molar-refractivity contribution < 1.29 is 9.13 Å².